The van der Waals surface area contributed by atoms with E-state index in [1.54, 1.807) is 13.0 Å². The number of hydrazine groups is 1. The summed E-state index contributed by atoms with van der Waals surface area (Å²) in [6.07, 6.45) is 1.79. The molecule has 0 saturated carbocycles. The number of nitrogens with two attached hydrogens (primary N) is 1. The lowest BCUT2D eigenvalue weighted by molar-refractivity contribution is 0.124. The van der Waals surface area contributed by atoms with Crippen LogP contribution in [0.5, 0.6) is 0 Å². The first-order valence-electron chi connectivity index (χ1n) is 5.99. The highest BCUT2D eigenvalue weighted by atomic mass is 19.1. The number of hydrogen-bond donors (Lipinski definition) is 2. The third-order valence-corrected chi connectivity index (χ3v) is 2.68. The van der Waals surface area contributed by atoms with Gasteiger partial charge in [0, 0.05) is 19.3 Å². The van der Waals surface area contributed by atoms with E-state index in [1.165, 1.54) is 6.07 Å². The van der Waals surface area contributed by atoms with Crippen LogP contribution in [0.1, 0.15) is 36.9 Å². The standard InChI is InChI=1S/C13H21FN2O/c1-3-7-17-8-6-13(16-15)11-4-5-12(14)10(2)9-11/h4-5,9,13,16H,3,6-8,15H2,1-2H3. The van der Waals surface area contributed by atoms with Gasteiger partial charge in [0.25, 0.3) is 0 Å². The number of hydrogen-bond acceptors (Lipinski definition) is 3. The molecule has 0 fully saturated rings. The molecule has 1 aromatic carbocycles. The number of nitrogens with one attached hydrogen (secondary N) is 1. The summed E-state index contributed by atoms with van der Waals surface area (Å²) in [6.45, 7) is 5.24. The highest BCUT2D eigenvalue weighted by Crippen LogP contribution is 2.19. The molecule has 3 N–H and O–H groups in total. The van der Waals surface area contributed by atoms with Gasteiger partial charge in [-0.15, -0.1) is 0 Å². The number of ether oxygens (including phenoxy) is 1. The number of halogens is 1. The SMILES string of the molecule is CCCOCCC(NN)c1ccc(F)c(C)c1. The van der Waals surface area contributed by atoms with E-state index >= 15 is 0 Å². The van der Waals surface area contributed by atoms with E-state index in [2.05, 4.69) is 12.3 Å². The van der Waals surface area contributed by atoms with Crippen molar-refractivity contribution in [1.82, 2.24) is 5.43 Å². The number of benzene rings is 1. The smallest absolute Gasteiger partial charge is 0.126 e. The molecule has 1 aromatic rings. The number of aryl methyl sites for hydroxylation is 1. The number of rotatable bonds is 7. The predicted molar refractivity (Wildman–Crippen MR) is 66.9 cm³/mol. The van der Waals surface area contributed by atoms with Crippen molar-refractivity contribution in [3.8, 4) is 0 Å². The van der Waals surface area contributed by atoms with Crippen LogP contribution >= 0.6 is 0 Å². The molecule has 0 radical (unpaired) electrons. The zero-order valence-electron chi connectivity index (χ0n) is 10.5. The van der Waals surface area contributed by atoms with Gasteiger partial charge in [-0.1, -0.05) is 19.1 Å². The lowest BCUT2D eigenvalue weighted by atomic mass is 10.0. The molecule has 0 amide bonds. The van der Waals surface area contributed by atoms with E-state index in [4.69, 9.17) is 10.6 Å². The monoisotopic (exact) mass is 240 g/mol. The largest absolute Gasteiger partial charge is 0.381 e. The van der Waals surface area contributed by atoms with Gasteiger partial charge in [0.05, 0.1) is 0 Å². The summed E-state index contributed by atoms with van der Waals surface area (Å²) >= 11 is 0. The van der Waals surface area contributed by atoms with E-state index in [0.717, 1.165) is 25.0 Å². The summed E-state index contributed by atoms with van der Waals surface area (Å²) in [5, 5.41) is 0. The van der Waals surface area contributed by atoms with Crippen LogP contribution in [-0.4, -0.2) is 13.2 Å². The lowest BCUT2D eigenvalue weighted by Gasteiger charge is -2.17. The van der Waals surface area contributed by atoms with Crippen molar-refractivity contribution in [2.24, 2.45) is 5.84 Å². The molecule has 1 unspecified atom stereocenters. The Morgan fingerprint density at radius 2 is 2.18 bits per heavy atom. The minimum atomic E-state index is -0.188. The molecule has 0 aliphatic carbocycles. The molecule has 96 valence electrons. The maximum absolute atomic E-state index is 13.1. The second-order valence-electron chi connectivity index (χ2n) is 4.13. The quantitative estimate of drug-likeness (QED) is 0.437. The first-order chi connectivity index (χ1) is 8.19. The zero-order chi connectivity index (χ0) is 12.7. The topological polar surface area (TPSA) is 47.3 Å². The van der Waals surface area contributed by atoms with Crippen molar-refractivity contribution in [1.29, 1.82) is 0 Å². The minimum absolute atomic E-state index is 0.00570. The van der Waals surface area contributed by atoms with E-state index < -0.39 is 0 Å². The Morgan fingerprint density at radius 3 is 2.76 bits per heavy atom. The van der Waals surface area contributed by atoms with Gasteiger partial charge >= 0.3 is 0 Å². The molecule has 4 heteroatoms. The lowest BCUT2D eigenvalue weighted by Crippen LogP contribution is -2.29. The van der Waals surface area contributed by atoms with E-state index in [1.807, 2.05) is 6.07 Å². The highest BCUT2D eigenvalue weighted by molar-refractivity contribution is 5.26. The van der Waals surface area contributed by atoms with Crippen LogP contribution in [0.2, 0.25) is 0 Å². The Balaban J connectivity index is 2.56. The van der Waals surface area contributed by atoms with Crippen molar-refractivity contribution < 1.29 is 9.13 Å². The van der Waals surface area contributed by atoms with Crippen molar-refractivity contribution >= 4 is 0 Å². The molecule has 3 nitrogen and oxygen atoms in total. The average Bonchev–Trinajstić information content (AvgIpc) is 2.33. The fraction of sp³-hybridized carbons (Fsp3) is 0.538. The predicted octanol–water partition coefficient (Wildman–Crippen LogP) is 2.46. The Hall–Kier alpha value is -0.970. The molecule has 0 heterocycles. The van der Waals surface area contributed by atoms with E-state index in [0.29, 0.717) is 12.2 Å². The fourth-order valence-electron chi connectivity index (χ4n) is 1.68. The Kier molecular flexibility index (Phi) is 6.11. The van der Waals surface area contributed by atoms with Crippen LogP contribution in [0.3, 0.4) is 0 Å². The normalized spacial score (nSPS) is 12.7. The first kappa shape index (κ1) is 14.1. The van der Waals surface area contributed by atoms with Crippen molar-refractivity contribution in [3.63, 3.8) is 0 Å². The second kappa shape index (κ2) is 7.37. The summed E-state index contributed by atoms with van der Waals surface area (Å²) in [7, 11) is 0. The van der Waals surface area contributed by atoms with Crippen LogP contribution in [0.15, 0.2) is 18.2 Å². The van der Waals surface area contributed by atoms with Gasteiger partial charge in [-0.25, -0.2) is 4.39 Å². The molecule has 0 aliphatic heterocycles. The molecule has 0 spiro atoms. The zero-order valence-corrected chi connectivity index (χ0v) is 10.5. The molecular weight excluding hydrogens is 219 g/mol. The molecule has 0 aromatic heterocycles. The van der Waals surface area contributed by atoms with Gasteiger partial charge in [0.1, 0.15) is 5.82 Å². The third kappa shape index (κ3) is 4.42. The van der Waals surface area contributed by atoms with Crippen molar-refractivity contribution in [3.05, 3.63) is 35.1 Å². The Morgan fingerprint density at radius 1 is 1.41 bits per heavy atom. The summed E-state index contributed by atoms with van der Waals surface area (Å²) in [6, 6.07) is 5.06. The minimum Gasteiger partial charge on any atom is -0.381 e. The maximum atomic E-state index is 13.1. The van der Waals surface area contributed by atoms with Gasteiger partial charge in [0.2, 0.25) is 0 Å². The van der Waals surface area contributed by atoms with E-state index in [9.17, 15) is 4.39 Å². The Labute approximate surface area is 102 Å². The summed E-state index contributed by atoms with van der Waals surface area (Å²) < 4.78 is 18.6. The molecule has 0 aliphatic rings. The summed E-state index contributed by atoms with van der Waals surface area (Å²) in [5.41, 5.74) is 4.37. The fourth-order valence-corrected chi connectivity index (χ4v) is 1.68. The summed E-state index contributed by atoms with van der Waals surface area (Å²) in [5.74, 6) is 5.32. The van der Waals surface area contributed by atoms with Crippen molar-refractivity contribution in [2.75, 3.05) is 13.2 Å². The average molecular weight is 240 g/mol. The maximum Gasteiger partial charge on any atom is 0.126 e. The summed E-state index contributed by atoms with van der Waals surface area (Å²) in [4.78, 5) is 0. The van der Waals surface area contributed by atoms with Gasteiger partial charge in [-0.3, -0.25) is 11.3 Å². The molecule has 0 bridgehead atoms. The van der Waals surface area contributed by atoms with Crippen LogP contribution in [0.25, 0.3) is 0 Å². The third-order valence-electron chi connectivity index (χ3n) is 2.68. The highest BCUT2D eigenvalue weighted by Gasteiger charge is 2.10. The Bertz CT molecular complexity index is 344. The van der Waals surface area contributed by atoms with Crippen LogP contribution in [0.4, 0.5) is 4.39 Å². The molecule has 1 rings (SSSR count). The van der Waals surface area contributed by atoms with E-state index in [-0.39, 0.29) is 11.9 Å². The van der Waals surface area contributed by atoms with Crippen LogP contribution < -0.4 is 11.3 Å². The van der Waals surface area contributed by atoms with Gasteiger partial charge in [0.15, 0.2) is 0 Å². The first-order valence-corrected chi connectivity index (χ1v) is 5.99. The van der Waals surface area contributed by atoms with Crippen LogP contribution in [0, 0.1) is 12.7 Å². The van der Waals surface area contributed by atoms with Gasteiger partial charge in [-0.05, 0) is 37.0 Å². The molecule has 1 atom stereocenters. The van der Waals surface area contributed by atoms with Gasteiger partial charge < -0.3 is 4.74 Å². The van der Waals surface area contributed by atoms with Gasteiger partial charge in [-0.2, -0.15) is 0 Å². The second-order valence-corrected chi connectivity index (χ2v) is 4.13. The van der Waals surface area contributed by atoms with Crippen molar-refractivity contribution in [2.45, 2.75) is 32.7 Å². The molecule has 0 saturated heterocycles. The molecule has 17 heavy (non-hydrogen) atoms. The molecular formula is C13H21FN2O. The van der Waals surface area contributed by atoms with Crippen LogP contribution in [-0.2, 0) is 4.74 Å².